The minimum absolute atomic E-state index is 0. The topological polar surface area (TPSA) is 267 Å². The molecule has 0 aliphatic heterocycles. The molecule has 0 amide bonds. The third kappa shape index (κ3) is 32.7. The van der Waals surface area contributed by atoms with Gasteiger partial charge in [0, 0.05) is 6.61 Å². The van der Waals surface area contributed by atoms with Gasteiger partial charge in [0.25, 0.3) is 0 Å². The Bertz CT molecular complexity index is 163. The van der Waals surface area contributed by atoms with Crippen molar-refractivity contribution in [1.29, 1.82) is 0 Å². The van der Waals surface area contributed by atoms with Gasteiger partial charge in [0.05, 0.1) is 11.9 Å². The standard InChI is InChI=1S/C4H6O6.C2H6O.K.Na.4H2O/c5-1(3(7)8)2(6)4(9)10;1-2-3;;;;;;/h1-2,5-6H,(H,7,8)(H,9,10);3H,2H2,1H3;;;4*1H2/q;;2*+1;;;;/p-2. The summed E-state index contributed by atoms with van der Waals surface area (Å²) in [5.41, 5.74) is 0. The maximum absolute atomic E-state index is 9.63. The molecule has 0 fully saturated rings. The van der Waals surface area contributed by atoms with Crippen molar-refractivity contribution >= 4 is 11.9 Å². The fourth-order valence-corrected chi connectivity index (χ4v) is 0.258. The van der Waals surface area contributed by atoms with Gasteiger partial charge < -0.3 is 57.0 Å². The first-order valence-electron chi connectivity index (χ1n) is 3.27. The smallest absolute Gasteiger partial charge is 0.547 e. The van der Waals surface area contributed by atoms with Crippen molar-refractivity contribution in [3.8, 4) is 0 Å². The first-order chi connectivity index (χ1) is 5.88. The van der Waals surface area contributed by atoms with Crippen LogP contribution in [0.15, 0.2) is 0 Å². The SMILES string of the molecule is CCO.O.O.O.O.O=C([O-])C(O)C(O)C(=O)[O-].[K+].[Na+]. The van der Waals surface area contributed by atoms with Crippen LogP contribution in [0.5, 0.6) is 0 Å². The maximum Gasteiger partial charge on any atom is 1.00 e. The summed E-state index contributed by atoms with van der Waals surface area (Å²) >= 11 is 0. The Morgan fingerprint density at radius 1 is 0.947 bits per heavy atom. The Hall–Kier alpha value is 1.30. The van der Waals surface area contributed by atoms with Crippen molar-refractivity contribution in [1.82, 2.24) is 0 Å². The molecule has 13 heteroatoms. The van der Waals surface area contributed by atoms with Crippen LogP contribution in [0.4, 0.5) is 0 Å². The zero-order valence-electron chi connectivity index (χ0n) is 10.8. The van der Waals surface area contributed by atoms with E-state index in [1.54, 1.807) is 6.92 Å². The molecule has 19 heavy (non-hydrogen) atoms. The number of hydrogen-bond acceptors (Lipinski definition) is 7. The van der Waals surface area contributed by atoms with Gasteiger partial charge in [0.15, 0.2) is 0 Å². The minimum atomic E-state index is -2.44. The number of hydrogen-bond donors (Lipinski definition) is 3. The van der Waals surface area contributed by atoms with Crippen LogP contribution >= 0.6 is 0 Å². The Morgan fingerprint density at radius 3 is 1.11 bits per heavy atom. The molecule has 11 N–H and O–H groups in total. The van der Waals surface area contributed by atoms with Gasteiger partial charge in [-0.25, -0.2) is 0 Å². The molecule has 0 saturated carbocycles. The zero-order valence-corrected chi connectivity index (χ0v) is 16.0. The van der Waals surface area contributed by atoms with Crippen LogP contribution in [0.2, 0.25) is 0 Å². The summed E-state index contributed by atoms with van der Waals surface area (Å²) < 4.78 is 0. The molecule has 0 aromatic carbocycles. The van der Waals surface area contributed by atoms with E-state index in [0.29, 0.717) is 0 Å². The van der Waals surface area contributed by atoms with E-state index in [9.17, 15) is 19.8 Å². The third-order valence-electron chi connectivity index (χ3n) is 0.782. The van der Waals surface area contributed by atoms with Crippen LogP contribution in [0.3, 0.4) is 0 Å². The van der Waals surface area contributed by atoms with Gasteiger partial charge >= 0.3 is 80.9 Å². The molecule has 0 bridgehead atoms. The van der Waals surface area contributed by atoms with E-state index in [-0.39, 0.29) is 109 Å². The molecular formula is C6H18KNaO11. The first kappa shape index (κ1) is 50.0. The molecule has 0 aliphatic carbocycles. The summed E-state index contributed by atoms with van der Waals surface area (Å²) in [7, 11) is 0. The van der Waals surface area contributed by atoms with Gasteiger partial charge in [-0.05, 0) is 6.92 Å². The second kappa shape index (κ2) is 31.6. The number of carbonyl (C=O) groups is 2. The van der Waals surface area contributed by atoms with Crippen LogP contribution in [0, 0.1) is 0 Å². The summed E-state index contributed by atoms with van der Waals surface area (Å²) in [5, 5.41) is 43.3. The molecule has 110 valence electrons. The number of carboxylic acid groups (broad SMARTS) is 2. The molecule has 2 unspecified atom stereocenters. The van der Waals surface area contributed by atoms with Crippen molar-refractivity contribution in [3.63, 3.8) is 0 Å². The van der Waals surface area contributed by atoms with Crippen LogP contribution < -0.4 is 91.2 Å². The summed E-state index contributed by atoms with van der Waals surface area (Å²) in [5.74, 6) is -4.12. The molecule has 0 rings (SSSR count). The van der Waals surface area contributed by atoms with Crippen molar-refractivity contribution < 1.29 is 138 Å². The van der Waals surface area contributed by atoms with E-state index in [0.717, 1.165) is 0 Å². The molecule has 2 atom stereocenters. The van der Waals surface area contributed by atoms with Crippen LogP contribution in [0.1, 0.15) is 6.92 Å². The molecule has 0 aliphatic rings. The second-order valence-corrected chi connectivity index (χ2v) is 1.84. The van der Waals surface area contributed by atoms with E-state index >= 15 is 0 Å². The van der Waals surface area contributed by atoms with E-state index in [2.05, 4.69) is 0 Å². The number of aliphatic hydroxyl groups excluding tert-OH is 3. The Balaban J connectivity index is -0.0000000206. The summed E-state index contributed by atoms with van der Waals surface area (Å²) in [6.45, 7) is 1.93. The van der Waals surface area contributed by atoms with Gasteiger partial charge in [0.2, 0.25) is 0 Å². The normalized spacial score (nSPS) is 9.26. The number of carboxylic acids is 2. The summed E-state index contributed by atoms with van der Waals surface area (Å²) in [6, 6.07) is 0. The van der Waals surface area contributed by atoms with E-state index in [1.165, 1.54) is 0 Å². The van der Waals surface area contributed by atoms with Gasteiger partial charge in [0.1, 0.15) is 12.2 Å². The van der Waals surface area contributed by atoms with Crippen LogP contribution in [0.25, 0.3) is 0 Å². The quantitative estimate of drug-likeness (QED) is 0.420. The van der Waals surface area contributed by atoms with Gasteiger partial charge in [-0.1, -0.05) is 0 Å². The molecule has 0 spiro atoms. The fraction of sp³-hybridized carbons (Fsp3) is 0.667. The van der Waals surface area contributed by atoms with Crippen molar-refractivity contribution in [3.05, 3.63) is 0 Å². The van der Waals surface area contributed by atoms with E-state index < -0.39 is 24.1 Å². The monoisotopic (exact) mass is 328 g/mol. The van der Waals surface area contributed by atoms with Gasteiger partial charge in [-0.3, -0.25) is 0 Å². The molecule has 0 aromatic rings. The number of carbonyl (C=O) groups excluding carboxylic acids is 2. The van der Waals surface area contributed by atoms with Crippen LogP contribution in [-0.4, -0.2) is 68.0 Å². The molecular weight excluding hydrogens is 310 g/mol. The predicted molar refractivity (Wildman–Crippen MR) is 49.2 cm³/mol. The average Bonchev–Trinajstić information content (AvgIpc) is 2.03. The van der Waals surface area contributed by atoms with Crippen molar-refractivity contribution in [2.24, 2.45) is 0 Å². The maximum atomic E-state index is 9.63. The zero-order chi connectivity index (χ0) is 11.0. The fourth-order valence-electron chi connectivity index (χ4n) is 0.258. The predicted octanol–water partition coefficient (Wildman–Crippen LogP) is -14.1. The third-order valence-corrected chi connectivity index (χ3v) is 0.782. The number of aliphatic carboxylic acids is 2. The Labute approximate surface area is 173 Å². The average molecular weight is 328 g/mol. The molecule has 11 nitrogen and oxygen atoms in total. The summed E-state index contributed by atoms with van der Waals surface area (Å²) in [6.07, 6.45) is -4.88. The Morgan fingerprint density at radius 2 is 1.05 bits per heavy atom. The van der Waals surface area contributed by atoms with Crippen molar-refractivity contribution in [2.45, 2.75) is 19.1 Å². The molecule has 0 saturated heterocycles. The largest absolute Gasteiger partial charge is 1.00 e. The molecule has 0 radical (unpaired) electrons. The Kier molecular flexibility index (Phi) is 83.1. The van der Waals surface area contributed by atoms with Gasteiger partial charge in [-0.2, -0.15) is 0 Å². The number of rotatable bonds is 3. The number of aliphatic hydroxyl groups is 3. The molecule has 0 aromatic heterocycles. The van der Waals surface area contributed by atoms with Gasteiger partial charge in [-0.15, -0.1) is 0 Å². The summed E-state index contributed by atoms with van der Waals surface area (Å²) in [4.78, 5) is 19.3. The van der Waals surface area contributed by atoms with E-state index in [4.69, 9.17) is 15.3 Å². The van der Waals surface area contributed by atoms with E-state index in [1.807, 2.05) is 0 Å². The minimum Gasteiger partial charge on any atom is -0.547 e. The molecule has 0 heterocycles. The van der Waals surface area contributed by atoms with Crippen LogP contribution in [-0.2, 0) is 9.59 Å². The van der Waals surface area contributed by atoms with Crippen molar-refractivity contribution in [2.75, 3.05) is 6.61 Å². The second-order valence-electron chi connectivity index (χ2n) is 1.84. The first-order valence-corrected chi connectivity index (χ1v) is 3.27.